The zero-order chi connectivity index (χ0) is 25.1. The Kier molecular flexibility index (Phi) is 8.37. The van der Waals surface area contributed by atoms with Crippen LogP contribution >= 0.6 is 0 Å². The predicted molar refractivity (Wildman–Crippen MR) is 118 cm³/mol. The van der Waals surface area contributed by atoms with E-state index < -0.39 is 53.1 Å². The van der Waals surface area contributed by atoms with Crippen LogP contribution in [-0.4, -0.2) is 66.0 Å². The van der Waals surface area contributed by atoms with Gasteiger partial charge in [-0.05, 0) is 45.4 Å². The molecular formula is C23H38N2O8. The molecule has 0 unspecified atom stereocenters. The third-order valence-corrected chi connectivity index (χ3v) is 6.56. The quantitative estimate of drug-likeness (QED) is 0.340. The van der Waals surface area contributed by atoms with E-state index in [4.69, 9.17) is 14.2 Å². The number of aliphatic hydroxyl groups excluding tert-OH is 1. The van der Waals surface area contributed by atoms with Gasteiger partial charge in [0.15, 0.2) is 0 Å². The van der Waals surface area contributed by atoms with Crippen molar-refractivity contribution in [2.45, 2.75) is 84.1 Å². The van der Waals surface area contributed by atoms with Crippen molar-refractivity contribution in [1.29, 1.82) is 0 Å². The Morgan fingerprint density at radius 3 is 2.33 bits per heavy atom. The molecule has 10 nitrogen and oxygen atoms in total. The lowest BCUT2D eigenvalue weighted by Gasteiger charge is -2.34. The van der Waals surface area contributed by atoms with Gasteiger partial charge in [-0.3, -0.25) is 9.59 Å². The number of esters is 2. The maximum atomic E-state index is 13.4. The van der Waals surface area contributed by atoms with E-state index in [1.165, 1.54) is 7.11 Å². The normalized spacial score (nSPS) is 29.8. The van der Waals surface area contributed by atoms with Crippen molar-refractivity contribution in [2.75, 3.05) is 13.7 Å². The second-order valence-corrected chi connectivity index (χ2v) is 10.0. The molecule has 0 aromatic rings. The van der Waals surface area contributed by atoms with Gasteiger partial charge in [0.2, 0.25) is 5.91 Å². The summed E-state index contributed by atoms with van der Waals surface area (Å²) in [5.74, 6) is -3.04. The van der Waals surface area contributed by atoms with Gasteiger partial charge in [-0.2, -0.15) is 0 Å². The highest BCUT2D eigenvalue weighted by molar-refractivity contribution is 5.93. The Labute approximate surface area is 195 Å². The van der Waals surface area contributed by atoms with Gasteiger partial charge in [0.1, 0.15) is 17.2 Å². The van der Waals surface area contributed by atoms with Gasteiger partial charge in [0, 0.05) is 18.8 Å². The van der Waals surface area contributed by atoms with Gasteiger partial charge in [-0.15, -0.1) is 0 Å². The van der Waals surface area contributed by atoms with Gasteiger partial charge >= 0.3 is 18.0 Å². The highest BCUT2D eigenvalue weighted by Crippen LogP contribution is 2.64. The van der Waals surface area contributed by atoms with Crippen molar-refractivity contribution in [3.63, 3.8) is 0 Å². The fraction of sp³-hybridized carbons (Fsp3) is 0.826. The molecule has 0 heterocycles. The molecule has 2 saturated carbocycles. The molecule has 2 aliphatic rings. The molecule has 2 aliphatic carbocycles. The maximum absolute atomic E-state index is 13.4. The van der Waals surface area contributed by atoms with E-state index in [-0.39, 0.29) is 37.2 Å². The smallest absolute Gasteiger partial charge is 0.408 e. The van der Waals surface area contributed by atoms with Gasteiger partial charge in [0.25, 0.3) is 0 Å². The lowest BCUT2D eigenvalue weighted by Crippen LogP contribution is -2.62. The summed E-state index contributed by atoms with van der Waals surface area (Å²) in [7, 11) is 1.27. The zero-order valence-corrected chi connectivity index (χ0v) is 20.6. The molecule has 3 N–H and O–H groups in total. The number of carbonyl (C=O) groups is 4. The number of carbonyl (C=O) groups excluding carboxylic acids is 4. The summed E-state index contributed by atoms with van der Waals surface area (Å²) < 4.78 is 15.3. The molecule has 10 heteroatoms. The SMILES string of the molecule is CCOC(=O)[C@]1(NC(=O)[C@@H](NC(=O)OC(C)(C)C)[C@@H](C)CC)C[C@H](O)[C@H]2[C@H](CC(=O)OC)[C@H]21. The summed E-state index contributed by atoms with van der Waals surface area (Å²) in [5, 5.41) is 16.1. The second kappa shape index (κ2) is 10.3. The number of rotatable bonds is 9. The Hall–Kier alpha value is -2.36. The van der Waals surface area contributed by atoms with Crippen LogP contribution in [0, 0.1) is 23.7 Å². The van der Waals surface area contributed by atoms with Crippen LogP contribution in [0.3, 0.4) is 0 Å². The van der Waals surface area contributed by atoms with Crippen LogP contribution in [0.2, 0.25) is 0 Å². The minimum Gasteiger partial charge on any atom is -0.469 e. The Balaban J connectivity index is 2.29. The average molecular weight is 471 g/mol. The highest BCUT2D eigenvalue weighted by atomic mass is 16.6. The topological polar surface area (TPSA) is 140 Å². The van der Waals surface area contributed by atoms with Crippen LogP contribution in [0.1, 0.15) is 60.8 Å². The molecule has 2 amide bonds. The fourth-order valence-corrected chi connectivity index (χ4v) is 4.86. The number of fused-ring (bicyclic) bond motifs is 1. The number of nitrogens with one attached hydrogen (secondary N) is 2. The lowest BCUT2D eigenvalue weighted by molar-refractivity contribution is -0.156. The zero-order valence-electron chi connectivity index (χ0n) is 20.6. The first-order valence-electron chi connectivity index (χ1n) is 11.5. The third kappa shape index (κ3) is 5.96. The number of methoxy groups -OCH3 is 1. The van der Waals surface area contributed by atoms with Crippen molar-refractivity contribution < 1.29 is 38.5 Å². The molecule has 0 saturated heterocycles. The minimum absolute atomic E-state index is 0.0236. The van der Waals surface area contributed by atoms with Crippen LogP contribution in [0.25, 0.3) is 0 Å². The molecule has 0 bridgehead atoms. The van der Waals surface area contributed by atoms with Gasteiger partial charge in [0.05, 0.1) is 19.8 Å². The van der Waals surface area contributed by atoms with Gasteiger partial charge in [-0.1, -0.05) is 20.3 Å². The van der Waals surface area contributed by atoms with E-state index in [0.29, 0.717) is 6.42 Å². The van der Waals surface area contributed by atoms with Gasteiger partial charge in [-0.25, -0.2) is 9.59 Å². The summed E-state index contributed by atoms with van der Waals surface area (Å²) >= 11 is 0. The van der Waals surface area contributed by atoms with Crippen molar-refractivity contribution in [2.24, 2.45) is 23.7 Å². The fourth-order valence-electron chi connectivity index (χ4n) is 4.86. The average Bonchev–Trinajstić information content (AvgIpc) is 3.35. The van der Waals surface area contributed by atoms with Crippen molar-refractivity contribution in [3.8, 4) is 0 Å². The number of alkyl carbamates (subject to hydrolysis) is 1. The van der Waals surface area contributed by atoms with E-state index >= 15 is 0 Å². The Morgan fingerprint density at radius 1 is 1.18 bits per heavy atom. The van der Waals surface area contributed by atoms with Crippen LogP contribution in [0.5, 0.6) is 0 Å². The number of ether oxygens (including phenoxy) is 3. The lowest BCUT2D eigenvalue weighted by atomic mass is 9.87. The van der Waals surface area contributed by atoms with E-state index in [1.807, 2.05) is 13.8 Å². The van der Waals surface area contributed by atoms with Crippen molar-refractivity contribution in [1.82, 2.24) is 10.6 Å². The molecule has 7 atom stereocenters. The predicted octanol–water partition coefficient (Wildman–Crippen LogP) is 1.53. The molecule has 0 spiro atoms. The third-order valence-electron chi connectivity index (χ3n) is 6.56. The summed E-state index contributed by atoms with van der Waals surface area (Å²) in [6, 6.07) is -0.967. The van der Waals surface area contributed by atoms with Crippen LogP contribution in [0.4, 0.5) is 4.79 Å². The van der Waals surface area contributed by atoms with E-state index in [1.54, 1.807) is 27.7 Å². The molecule has 0 aromatic carbocycles. The molecular weight excluding hydrogens is 432 g/mol. The molecule has 0 aliphatic heterocycles. The number of aliphatic hydroxyl groups is 1. The first kappa shape index (κ1) is 26.9. The number of amides is 2. The van der Waals surface area contributed by atoms with Crippen LogP contribution in [0.15, 0.2) is 0 Å². The summed E-state index contributed by atoms with van der Waals surface area (Å²) in [6.07, 6.45) is -1.03. The monoisotopic (exact) mass is 470 g/mol. The van der Waals surface area contributed by atoms with Gasteiger partial charge < -0.3 is 30.0 Å². The molecule has 2 rings (SSSR count). The summed E-state index contributed by atoms with van der Waals surface area (Å²) in [4.78, 5) is 50.7. The van der Waals surface area contributed by atoms with E-state index in [2.05, 4.69) is 10.6 Å². The standard InChI is InChI=1S/C23H38N2O8/c1-8-12(3)18(24-21(30)33-22(4,5)6)19(28)25-23(20(29)32-9-2)11-14(26)16-13(17(16)23)10-15(27)31-7/h12-14,16-18,26H,8-11H2,1-7H3,(H,24,30)(H,25,28)/t12-,13-,14-,16+,17+,18-,23-/m0/s1. The Bertz CT molecular complexity index is 764. The number of hydrogen-bond acceptors (Lipinski definition) is 8. The van der Waals surface area contributed by atoms with Crippen molar-refractivity contribution >= 4 is 23.9 Å². The largest absolute Gasteiger partial charge is 0.469 e. The first-order chi connectivity index (χ1) is 15.3. The minimum atomic E-state index is -1.49. The molecule has 33 heavy (non-hydrogen) atoms. The Morgan fingerprint density at radius 2 is 1.82 bits per heavy atom. The second-order valence-electron chi connectivity index (χ2n) is 10.0. The number of hydrogen-bond donors (Lipinski definition) is 3. The molecule has 0 aromatic heterocycles. The highest BCUT2D eigenvalue weighted by Gasteiger charge is 2.73. The maximum Gasteiger partial charge on any atom is 0.408 e. The van der Waals surface area contributed by atoms with Crippen molar-refractivity contribution in [3.05, 3.63) is 0 Å². The van der Waals surface area contributed by atoms with E-state index in [9.17, 15) is 24.3 Å². The molecule has 0 radical (unpaired) electrons. The van der Waals surface area contributed by atoms with Crippen LogP contribution < -0.4 is 10.6 Å². The first-order valence-corrected chi connectivity index (χ1v) is 11.5. The summed E-state index contributed by atoms with van der Waals surface area (Å²) in [6.45, 7) is 10.6. The molecule has 188 valence electrons. The molecule has 2 fully saturated rings. The summed E-state index contributed by atoms with van der Waals surface area (Å²) in [5.41, 5.74) is -2.23. The van der Waals surface area contributed by atoms with Crippen LogP contribution in [-0.2, 0) is 28.6 Å². The van der Waals surface area contributed by atoms with E-state index in [0.717, 1.165) is 0 Å².